The molecule has 0 atom stereocenters. The number of carbonyl (C=O) groups excluding carboxylic acids is 1. The standard InChI is InChI=1S/C16H26N2O3/c1-13(2)21-12-14-4-6-15(7-5-14)16(19)18-9-8-17-10-11-20-3/h4-7,13,17H,8-12H2,1-3H3,(H,18,19). The molecule has 1 rings (SSSR count). The van der Waals surface area contributed by atoms with Gasteiger partial charge < -0.3 is 20.1 Å². The minimum Gasteiger partial charge on any atom is -0.383 e. The van der Waals surface area contributed by atoms with Gasteiger partial charge in [0.2, 0.25) is 0 Å². The van der Waals surface area contributed by atoms with E-state index in [1.165, 1.54) is 0 Å². The SMILES string of the molecule is COCCNCCNC(=O)c1ccc(COC(C)C)cc1. The zero-order valence-electron chi connectivity index (χ0n) is 13.1. The van der Waals surface area contributed by atoms with Crippen LogP contribution >= 0.6 is 0 Å². The Labute approximate surface area is 127 Å². The van der Waals surface area contributed by atoms with Crippen molar-refractivity contribution in [2.24, 2.45) is 0 Å². The van der Waals surface area contributed by atoms with Gasteiger partial charge in [-0.25, -0.2) is 0 Å². The second-order valence-corrected chi connectivity index (χ2v) is 5.06. The first kappa shape index (κ1) is 17.6. The molecule has 0 unspecified atom stereocenters. The number of hydrogen-bond acceptors (Lipinski definition) is 4. The van der Waals surface area contributed by atoms with Crippen molar-refractivity contribution in [3.05, 3.63) is 35.4 Å². The van der Waals surface area contributed by atoms with Gasteiger partial charge in [-0.1, -0.05) is 12.1 Å². The fourth-order valence-corrected chi connectivity index (χ4v) is 1.68. The van der Waals surface area contributed by atoms with Crippen LogP contribution in [0.25, 0.3) is 0 Å². The Morgan fingerprint density at radius 2 is 1.86 bits per heavy atom. The highest BCUT2D eigenvalue weighted by Crippen LogP contribution is 2.07. The predicted molar refractivity (Wildman–Crippen MR) is 83.4 cm³/mol. The lowest BCUT2D eigenvalue weighted by Crippen LogP contribution is -2.33. The number of hydrogen-bond donors (Lipinski definition) is 2. The van der Waals surface area contributed by atoms with Crippen LogP contribution < -0.4 is 10.6 Å². The molecule has 0 fully saturated rings. The maximum absolute atomic E-state index is 11.9. The minimum atomic E-state index is -0.0557. The van der Waals surface area contributed by atoms with E-state index in [1.54, 1.807) is 7.11 Å². The zero-order chi connectivity index (χ0) is 15.5. The number of methoxy groups -OCH3 is 1. The Kier molecular flexibility index (Phi) is 8.66. The lowest BCUT2D eigenvalue weighted by atomic mass is 10.1. The van der Waals surface area contributed by atoms with Gasteiger partial charge in [-0.2, -0.15) is 0 Å². The van der Waals surface area contributed by atoms with Gasteiger partial charge in [-0.3, -0.25) is 4.79 Å². The van der Waals surface area contributed by atoms with Crippen LogP contribution in [0, 0.1) is 0 Å². The van der Waals surface area contributed by atoms with Crippen molar-refractivity contribution >= 4 is 5.91 Å². The maximum atomic E-state index is 11.9. The van der Waals surface area contributed by atoms with Gasteiger partial charge in [0.25, 0.3) is 5.91 Å². The first-order valence-electron chi connectivity index (χ1n) is 7.32. The summed E-state index contributed by atoms with van der Waals surface area (Å²) in [6.07, 6.45) is 0.207. The molecule has 118 valence electrons. The molecule has 5 heteroatoms. The Hall–Kier alpha value is -1.43. The van der Waals surface area contributed by atoms with E-state index >= 15 is 0 Å². The quantitative estimate of drug-likeness (QED) is 0.643. The summed E-state index contributed by atoms with van der Waals surface area (Å²) in [7, 11) is 1.67. The van der Waals surface area contributed by atoms with Gasteiger partial charge in [0, 0.05) is 32.3 Å². The molecule has 1 aromatic carbocycles. The van der Waals surface area contributed by atoms with Crippen LogP contribution in [0.3, 0.4) is 0 Å². The second kappa shape index (κ2) is 10.3. The number of nitrogens with one attached hydrogen (secondary N) is 2. The van der Waals surface area contributed by atoms with Crippen molar-refractivity contribution in [2.45, 2.75) is 26.6 Å². The summed E-state index contributed by atoms with van der Waals surface area (Å²) < 4.78 is 10.4. The van der Waals surface area contributed by atoms with Gasteiger partial charge >= 0.3 is 0 Å². The molecule has 0 saturated carbocycles. The van der Waals surface area contributed by atoms with Crippen LogP contribution in [0.5, 0.6) is 0 Å². The Bertz CT molecular complexity index is 404. The van der Waals surface area contributed by atoms with Crippen molar-refractivity contribution < 1.29 is 14.3 Å². The van der Waals surface area contributed by atoms with Crippen LogP contribution in [-0.2, 0) is 16.1 Å². The third-order valence-electron chi connectivity index (χ3n) is 2.87. The first-order valence-corrected chi connectivity index (χ1v) is 7.32. The van der Waals surface area contributed by atoms with Gasteiger partial charge in [0.05, 0.1) is 19.3 Å². The Morgan fingerprint density at radius 1 is 1.14 bits per heavy atom. The van der Waals surface area contributed by atoms with E-state index in [2.05, 4.69) is 10.6 Å². The molecule has 0 aromatic heterocycles. The zero-order valence-corrected chi connectivity index (χ0v) is 13.1. The molecule has 0 aliphatic rings. The Balaban J connectivity index is 2.27. The highest BCUT2D eigenvalue weighted by atomic mass is 16.5. The third kappa shape index (κ3) is 7.80. The number of carbonyl (C=O) groups is 1. The highest BCUT2D eigenvalue weighted by Gasteiger charge is 2.04. The maximum Gasteiger partial charge on any atom is 0.251 e. The van der Waals surface area contributed by atoms with E-state index < -0.39 is 0 Å². The van der Waals surface area contributed by atoms with E-state index in [1.807, 2.05) is 38.1 Å². The third-order valence-corrected chi connectivity index (χ3v) is 2.87. The summed E-state index contributed by atoms with van der Waals surface area (Å²) in [4.78, 5) is 11.9. The van der Waals surface area contributed by atoms with Crippen molar-refractivity contribution in [3.63, 3.8) is 0 Å². The van der Waals surface area contributed by atoms with E-state index in [-0.39, 0.29) is 12.0 Å². The van der Waals surface area contributed by atoms with Crippen molar-refractivity contribution in [1.29, 1.82) is 0 Å². The van der Waals surface area contributed by atoms with Gasteiger partial charge in [0.15, 0.2) is 0 Å². The molecule has 0 heterocycles. The summed E-state index contributed by atoms with van der Waals surface area (Å²) in [5, 5.41) is 6.05. The lowest BCUT2D eigenvalue weighted by Gasteiger charge is -2.09. The molecular formula is C16H26N2O3. The van der Waals surface area contributed by atoms with Gasteiger partial charge in [-0.05, 0) is 31.5 Å². The first-order chi connectivity index (χ1) is 10.1. The molecule has 1 aromatic rings. The average Bonchev–Trinajstić information content (AvgIpc) is 2.49. The van der Waals surface area contributed by atoms with E-state index in [0.717, 1.165) is 18.7 Å². The lowest BCUT2D eigenvalue weighted by molar-refractivity contribution is 0.0657. The molecule has 0 spiro atoms. The predicted octanol–water partition coefficient (Wildman–Crippen LogP) is 1.58. The minimum absolute atomic E-state index is 0.0557. The molecule has 0 bridgehead atoms. The summed E-state index contributed by atoms with van der Waals surface area (Å²) >= 11 is 0. The van der Waals surface area contributed by atoms with E-state index in [9.17, 15) is 4.79 Å². The van der Waals surface area contributed by atoms with Crippen LogP contribution in [0.4, 0.5) is 0 Å². The summed E-state index contributed by atoms with van der Waals surface area (Å²) in [5.74, 6) is -0.0557. The molecular weight excluding hydrogens is 268 g/mol. The van der Waals surface area contributed by atoms with Crippen LogP contribution in [0.2, 0.25) is 0 Å². The largest absolute Gasteiger partial charge is 0.383 e. The van der Waals surface area contributed by atoms with Crippen LogP contribution in [-0.4, -0.2) is 45.4 Å². The molecule has 0 saturated heterocycles. The number of amides is 1. The monoisotopic (exact) mass is 294 g/mol. The number of ether oxygens (including phenoxy) is 2. The number of rotatable bonds is 10. The topological polar surface area (TPSA) is 59.6 Å². The molecule has 1 amide bonds. The Morgan fingerprint density at radius 3 is 2.48 bits per heavy atom. The number of benzene rings is 1. The molecule has 0 aliphatic heterocycles. The molecule has 2 N–H and O–H groups in total. The second-order valence-electron chi connectivity index (χ2n) is 5.06. The summed E-state index contributed by atoms with van der Waals surface area (Å²) in [6, 6.07) is 7.50. The van der Waals surface area contributed by atoms with Crippen molar-refractivity contribution in [1.82, 2.24) is 10.6 Å². The van der Waals surface area contributed by atoms with Gasteiger partial charge in [0.1, 0.15) is 0 Å². The van der Waals surface area contributed by atoms with Gasteiger partial charge in [-0.15, -0.1) is 0 Å². The molecule has 21 heavy (non-hydrogen) atoms. The average molecular weight is 294 g/mol. The molecule has 0 radical (unpaired) electrons. The van der Waals surface area contributed by atoms with E-state index in [4.69, 9.17) is 9.47 Å². The fraction of sp³-hybridized carbons (Fsp3) is 0.562. The summed E-state index contributed by atoms with van der Waals surface area (Å²) in [6.45, 7) is 7.37. The summed E-state index contributed by atoms with van der Waals surface area (Å²) in [5.41, 5.74) is 1.74. The fourth-order valence-electron chi connectivity index (χ4n) is 1.68. The molecule has 0 aliphatic carbocycles. The highest BCUT2D eigenvalue weighted by molar-refractivity contribution is 5.94. The normalized spacial score (nSPS) is 10.9. The van der Waals surface area contributed by atoms with Crippen molar-refractivity contribution in [2.75, 3.05) is 33.4 Å². The van der Waals surface area contributed by atoms with Crippen molar-refractivity contribution in [3.8, 4) is 0 Å². The van der Waals surface area contributed by atoms with Crippen LogP contribution in [0.15, 0.2) is 24.3 Å². The van der Waals surface area contributed by atoms with E-state index in [0.29, 0.717) is 25.3 Å². The molecule has 5 nitrogen and oxygen atoms in total. The van der Waals surface area contributed by atoms with Crippen LogP contribution in [0.1, 0.15) is 29.8 Å². The smallest absolute Gasteiger partial charge is 0.251 e.